The first kappa shape index (κ1) is 22.9. The van der Waals surface area contributed by atoms with Crippen LogP contribution in [0.15, 0.2) is 47.4 Å². The quantitative estimate of drug-likeness (QED) is 0.506. The Bertz CT molecular complexity index is 1220. The second-order valence-electron chi connectivity index (χ2n) is 8.52. The molecule has 3 aromatic rings. The summed E-state index contributed by atoms with van der Waals surface area (Å²) in [6.45, 7) is 6.82. The number of hydrogen-bond donors (Lipinski definition) is 1. The zero-order chi connectivity index (χ0) is 22.9. The summed E-state index contributed by atoms with van der Waals surface area (Å²) in [5, 5.41) is 3.40. The number of anilines is 1. The van der Waals surface area contributed by atoms with Gasteiger partial charge in [0.15, 0.2) is 5.13 Å². The molecule has 32 heavy (non-hydrogen) atoms. The van der Waals surface area contributed by atoms with Gasteiger partial charge < -0.3 is 0 Å². The normalized spacial score (nSPS) is 17.7. The minimum Gasteiger partial charge on any atom is -0.298 e. The van der Waals surface area contributed by atoms with Crippen LogP contribution in [0.1, 0.15) is 68.3 Å². The van der Waals surface area contributed by atoms with Gasteiger partial charge in [0, 0.05) is 18.2 Å². The van der Waals surface area contributed by atoms with Crippen LogP contribution in [0.2, 0.25) is 0 Å². The Kier molecular flexibility index (Phi) is 6.65. The molecule has 6 nitrogen and oxygen atoms in total. The molecule has 1 N–H and O–H groups in total. The van der Waals surface area contributed by atoms with Crippen molar-refractivity contribution in [1.29, 1.82) is 0 Å². The topological polar surface area (TPSA) is 79.4 Å². The summed E-state index contributed by atoms with van der Waals surface area (Å²) in [5.41, 5.74) is 2.46. The van der Waals surface area contributed by atoms with Crippen molar-refractivity contribution >= 4 is 42.6 Å². The van der Waals surface area contributed by atoms with Crippen molar-refractivity contribution in [3.05, 3.63) is 53.6 Å². The summed E-state index contributed by atoms with van der Waals surface area (Å²) in [6.07, 6.45) is 3.66. The van der Waals surface area contributed by atoms with Gasteiger partial charge in [-0.1, -0.05) is 50.7 Å². The number of sulfonamides is 1. The number of aromatic nitrogens is 1. The van der Waals surface area contributed by atoms with Crippen molar-refractivity contribution in [2.75, 3.05) is 11.9 Å². The van der Waals surface area contributed by atoms with Crippen molar-refractivity contribution in [3.63, 3.8) is 0 Å². The summed E-state index contributed by atoms with van der Waals surface area (Å²) in [5.74, 6) is 0.0366. The van der Waals surface area contributed by atoms with Gasteiger partial charge in [0.1, 0.15) is 0 Å². The number of amides is 1. The number of para-hydroxylation sites is 1. The molecule has 0 radical (unpaired) electrons. The van der Waals surface area contributed by atoms with E-state index < -0.39 is 10.0 Å². The molecule has 1 fully saturated rings. The third kappa shape index (κ3) is 4.44. The number of nitrogens with zero attached hydrogens (tertiary/aromatic N) is 2. The predicted molar refractivity (Wildman–Crippen MR) is 130 cm³/mol. The van der Waals surface area contributed by atoms with Crippen molar-refractivity contribution < 1.29 is 13.2 Å². The lowest BCUT2D eigenvalue weighted by molar-refractivity contribution is 0.102. The van der Waals surface area contributed by atoms with Crippen LogP contribution >= 0.6 is 11.3 Å². The van der Waals surface area contributed by atoms with Crippen molar-refractivity contribution in [1.82, 2.24) is 9.29 Å². The monoisotopic (exact) mass is 471 g/mol. The Morgan fingerprint density at radius 3 is 2.62 bits per heavy atom. The number of carbonyl (C=O) groups excluding carboxylic acids is 1. The van der Waals surface area contributed by atoms with Gasteiger partial charge in [-0.2, -0.15) is 4.31 Å². The highest BCUT2D eigenvalue weighted by Crippen LogP contribution is 2.32. The number of carbonyl (C=O) groups is 1. The van der Waals surface area contributed by atoms with E-state index in [-0.39, 0.29) is 16.8 Å². The molecule has 8 heteroatoms. The fourth-order valence-electron chi connectivity index (χ4n) is 4.27. The number of nitrogens with one attached hydrogen (secondary N) is 1. The van der Waals surface area contributed by atoms with Gasteiger partial charge in [-0.05, 0) is 61.1 Å². The molecule has 1 aliphatic heterocycles. The molecule has 4 rings (SSSR count). The summed E-state index contributed by atoms with van der Waals surface area (Å²) in [7, 11) is -3.56. The number of benzene rings is 2. The highest BCUT2D eigenvalue weighted by atomic mass is 32.2. The van der Waals surface area contributed by atoms with Crippen LogP contribution in [-0.2, 0) is 10.0 Å². The van der Waals surface area contributed by atoms with E-state index in [1.54, 1.807) is 16.4 Å². The van der Waals surface area contributed by atoms with E-state index in [0.29, 0.717) is 23.2 Å². The fourth-order valence-corrected chi connectivity index (χ4v) is 6.93. The van der Waals surface area contributed by atoms with E-state index in [0.717, 1.165) is 41.5 Å². The summed E-state index contributed by atoms with van der Waals surface area (Å²) >= 11 is 1.44. The zero-order valence-electron chi connectivity index (χ0n) is 18.7. The minimum absolute atomic E-state index is 0.0477. The van der Waals surface area contributed by atoms with Gasteiger partial charge in [-0.3, -0.25) is 10.1 Å². The van der Waals surface area contributed by atoms with Crippen LogP contribution in [0.25, 0.3) is 10.2 Å². The second kappa shape index (κ2) is 9.29. The molecule has 0 saturated carbocycles. The molecule has 1 aliphatic rings. The first-order valence-corrected chi connectivity index (χ1v) is 13.4. The minimum atomic E-state index is -3.56. The van der Waals surface area contributed by atoms with E-state index >= 15 is 0 Å². The van der Waals surface area contributed by atoms with E-state index in [9.17, 15) is 13.2 Å². The highest BCUT2D eigenvalue weighted by molar-refractivity contribution is 7.89. The van der Waals surface area contributed by atoms with Gasteiger partial charge in [0.25, 0.3) is 5.91 Å². The van der Waals surface area contributed by atoms with Gasteiger partial charge in [0.2, 0.25) is 10.0 Å². The molecule has 1 unspecified atom stereocenters. The standard InChI is InChI=1S/C24H29N3O3S2/c1-4-18-8-5-6-15-27(18)32(29,30)19-13-11-17(12-14-19)23(28)26-24-25-22-20(16(2)3)9-7-10-21(22)31-24/h7,9-14,16,18H,4-6,8,15H2,1-3H3,(H,25,26,28). The predicted octanol–water partition coefficient (Wildman–Crippen LogP) is 5.63. The molecule has 0 aliphatic carbocycles. The molecular formula is C24H29N3O3S2. The van der Waals surface area contributed by atoms with E-state index in [2.05, 4.69) is 30.2 Å². The van der Waals surface area contributed by atoms with Crippen LogP contribution in [0.3, 0.4) is 0 Å². The van der Waals surface area contributed by atoms with Gasteiger partial charge in [0.05, 0.1) is 15.1 Å². The van der Waals surface area contributed by atoms with E-state index in [1.165, 1.54) is 23.5 Å². The number of fused-ring (bicyclic) bond motifs is 1. The maximum Gasteiger partial charge on any atom is 0.257 e. The lowest BCUT2D eigenvalue weighted by Gasteiger charge is -2.34. The summed E-state index contributed by atoms with van der Waals surface area (Å²) in [6, 6.07) is 12.3. The smallest absolute Gasteiger partial charge is 0.257 e. The molecule has 1 aromatic heterocycles. The average Bonchev–Trinajstić information content (AvgIpc) is 3.21. The molecule has 2 heterocycles. The van der Waals surface area contributed by atoms with Crippen molar-refractivity contribution in [2.45, 2.75) is 63.3 Å². The molecule has 1 amide bonds. The van der Waals surface area contributed by atoms with Crippen LogP contribution in [0, 0.1) is 0 Å². The van der Waals surface area contributed by atoms with Crippen molar-refractivity contribution in [3.8, 4) is 0 Å². The van der Waals surface area contributed by atoms with Crippen LogP contribution in [0.4, 0.5) is 5.13 Å². The van der Waals surface area contributed by atoms with Gasteiger partial charge in [-0.25, -0.2) is 13.4 Å². The molecule has 1 atom stereocenters. The number of rotatable bonds is 6. The Balaban J connectivity index is 1.52. The summed E-state index contributed by atoms with van der Waals surface area (Å²) < 4.78 is 28.9. The lowest BCUT2D eigenvalue weighted by atomic mass is 10.0. The van der Waals surface area contributed by atoms with Crippen molar-refractivity contribution in [2.24, 2.45) is 0 Å². The highest BCUT2D eigenvalue weighted by Gasteiger charge is 2.32. The average molecular weight is 472 g/mol. The Labute approximate surface area is 193 Å². The lowest BCUT2D eigenvalue weighted by Crippen LogP contribution is -2.43. The first-order chi connectivity index (χ1) is 15.3. The molecule has 1 saturated heterocycles. The van der Waals surface area contributed by atoms with Gasteiger partial charge >= 0.3 is 0 Å². The van der Waals surface area contributed by atoms with Crippen LogP contribution in [0.5, 0.6) is 0 Å². The molecule has 0 spiro atoms. The van der Waals surface area contributed by atoms with E-state index in [1.807, 2.05) is 19.1 Å². The molecule has 2 aromatic carbocycles. The van der Waals surface area contributed by atoms with Crippen LogP contribution in [-0.4, -0.2) is 36.2 Å². The molecular weight excluding hydrogens is 442 g/mol. The third-order valence-corrected chi connectivity index (χ3v) is 8.96. The summed E-state index contributed by atoms with van der Waals surface area (Å²) in [4.78, 5) is 17.6. The molecule has 170 valence electrons. The first-order valence-electron chi connectivity index (χ1n) is 11.1. The Hall–Kier alpha value is -2.29. The van der Waals surface area contributed by atoms with Crippen LogP contribution < -0.4 is 5.32 Å². The maximum absolute atomic E-state index is 13.1. The number of thiazole rings is 1. The Morgan fingerprint density at radius 2 is 1.94 bits per heavy atom. The second-order valence-corrected chi connectivity index (χ2v) is 11.4. The Morgan fingerprint density at radius 1 is 1.19 bits per heavy atom. The van der Waals surface area contributed by atoms with Gasteiger partial charge in [-0.15, -0.1) is 0 Å². The maximum atomic E-state index is 13.1. The molecule has 0 bridgehead atoms. The largest absolute Gasteiger partial charge is 0.298 e. The zero-order valence-corrected chi connectivity index (χ0v) is 20.3. The SMILES string of the molecule is CCC1CCCCN1S(=O)(=O)c1ccc(C(=O)Nc2nc3c(C(C)C)cccc3s2)cc1. The third-order valence-electron chi connectivity index (χ3n) is 6.06. The number of hydrogen-bond acceptors (Lipinski definition) is 5. The van der Waals surface area contributed by atoms with E-state index in [4.69, 9.17) is 0 Å². The fraction of sp³-hybridized carbons (Fsp3) is 0.417. The number of piperidine rings is 1.